The Labute approximate surface area is 106 Å². The Kier molecular flexibility index (Phi) is 2.52. The lowest BCUT2D eigenvalue weighted by atomic mass is 10.2. The molecule has 0 amide bonds. The Morgan fingerprint density at radius 3 is 2.56 bits per heavy atom. The van der Waals surface area contributed by atoms with E-state index in [1.807, 2.05) is 6.07 Å². The number of aromatic amines is 1. The summed E-state index contributed by atoms with van der Waals surface area (Å²) in [5, 5.41) is 0.525. The predicted octanol–water partition coefficient (Wildman–Crippen LogP) is 4.16. The molecular formula is C13H7ClF2N2. The van der Waals surface area contributed by atoms with Crippen LogP contribution in [0.3, 0.4) is 0 Å². The number of rotatable bonds is 1. The van der Waals surface area contributed by atoms with E-state index in [1.165, 1.54) is 0 Å². The van der Waals surface area contributed by atoms with Crippen LogP contribution in [0.2, 0.25) is 5.02 Å². The van der Waals surface area contributed by atoms with Gasteiger partial charge in [0.15, 0.2) is 11.6 Å². The van der Waals surface area contributed by atoms with Crippen molar-refractivity contribution < 1.29 is 8.78 Å². The fourth-order valence-corrected chi connectivity index (χ4v) is 2.01. The van der Waals surface area contributed by atoms with Crippen molar-refractivity contribution in [3.05, 3.63) is 53.1 Å². The highest BCUT2D eigenvalue weighted by molar-refractivity contribution is 6.33. The van der Waals surface area contributed by atoms with E-state index >= 15 is 0 Å². The number of halogens is 3. The van der Waals surface area contributed by atoms with Crippen LogP contribution in [0.5, 0.6) is 0 Å². The third kappa shape index (κ3) is 1.75. The molecule has 0 aliphatic carbocycles. The quantitative estimate of drug-likeness (QED) is 0.702. The number of H-pyrrole nitrogens is 1. The monoisotopic (exact) mass is 264 g/mol. The maximum Gasteiger partial charge on any atom is 0.161 e. The zero-order chi connectivity index (χ0) is 12.7. The summed E-state index contributed by atoms with van der Waals surface area (Å²) in [6.45, 7) is 0. The van der Waals surface area contributed by atoms with Gasteiger partial charge in [0.2, 0.25) is 0 Å². The van der Waals surface area contributed by atoms with Crippen LogP contribution in [-0.4, -0.2) is 9.97 Å². The van der Waals surface area contributed by atoms with E-state index < -0.39 is 11.6 Å². The summed E-state index contributed by atoms with van der Waals surface area (Å²) in [6, 6.07) is 9.26. The SMILES string of the molecule is Fc1cc2nc(-c3ccccc3Cl)[nH]c2cc1F. The van der Waals surface area contributed by atoms with Crippen molar-refractivity contribution in [2.75, 3.05) is 0 Å². The largest absolute Gasteiger partial charge is 0.338 e. The summed E-state index contributed by atoms with van der Waals surface area (Å²) in [5.41, 5.74) is 1.49. The first kappa shape index (κ1) is 11.2. The van der Waals surface area contributed by atoms with Crippen LogP contribution < -0.4 is 0 Å². The average Bonchev–Trinajstić information content (AvgIpc) is 2.73. The molecule has 18 heavy (non-hydrogen) atoms. The van der Waals surface area contributed by atoms with Gasteiger partial charge in [-0.3, -0.25) is 0 Å². The number of benzene rings is 2. The molecule has 1 N–H and O–H groups in total. The molecule has 0 unspecified atom stereocenters. The predicted molar refractivity (Wildman–Crippen MR) is 66.5 cm³/mol. The zero-order valence-electron chi connectivity index (χ0n) is 9.05. The molecule has 5 heteroatoms. The molecular weight excluding hydrogens is 258 g/mol. The Bertz CT molecular complexity index is 698. The van der Waals surface area contributed by atoms with Crippen molar-refractivity contribution in [3.63, 3.8) is 0 Å². The normalized spacial score (nSPS) is 11.1. The zero-order valence-corrected chi connectivity index (χ0v) is 9.80. The Morgan fingerprint density at radius 1 is 1.06 bits per heavy atom. The average molecular weight is 265 g/mol. The van der Waals surface area contributed by atoms with Crippen LogP contribution in [0.15, 0.2) is 36.4 Å². The van der Waals surface area contributed by atoms with Crippen molar-refractivity contribution in [1.82, 2.24) is 9.97 Å². The molecule has 2 aromatic carbocycles. The molecule has 0 bridgehead atoms. The summed E-state index contributed by atoms with van der Waals surface area (Å²) in [7, 11) is 0. The number of hydrogen-bond donors (Lipinski definition) is 1. The summed E-state index contributed by atoms with van der Waals surface area (Å²) >= 11 is 6.04. The first-order valence-electron chi connectivity index (χ1n) is 5.25. The minimum absolute atomic E-state index is 0.365. The molecule has 0 radical (unpaired) electrons. The van der Waals surface area contributed by atoms with Crippen LogP contribution in [0.1, 0.15) is 0 Å². The topological polar surface area (TPSA) is 28.7 Å². The molecule has 0 atom stereocenters. The second-order valence-corrected chi connectivity index (χ2v) is 4.26. The molecule has 0 saturated heterocycles. The number of fused-ring (bicyclic) bond motifs is 1. The molecule has 2 nitrogen and oxygen atoms in total. The molecule has 0 aliphatic rings. The van der Waals surface area contributed by atoms with Gasteiger partial charge in [-0.25, -0.2) is 13.8 Å². The van der Waals surface area contributed by atoms with Gasteiger partial charge in [-0.15, -0.1) is 0 Å². The standard InChI is InChI=1S/C13H7ClF2N2/c14-8-4-2-1-3-7(8)13-17-11-5-9(15)10(16)6-12(11)18-13/h1-6H,(H,17,18). The van der Waals surface area contributed by atoms with E-state index in [-0.39, 0.29) is 0 Å². The molecule has 3 rings (SSSR count). The van der Waals surface area contributed by atoms with E-state index in [1.54, 1.807) is 18.2 Å². The van der Waals surface area contributed by atoms with E-state index in [0.717, 1.165) is 12.1 Å². The number of nitrogens with one attached hydrogen (secondary N) is 1. The van der Waals surface area contributed by atoms with Crippen molar-refractivity contribution in [1.29, 1.82) is 0 Å². The lowest BCUT2D eigenvalue weighted by Gasteiger charge is -1.98. The van der Waals surface area contributed by atoms with E-state index in [4.69, 9.17) is 11.6 Å². The van der Waals surface area contributed by atoms with Gasteiger partial charge in [0.1, 0.15) is 5.82 Å². The molecule has 0 fully saturated rings. The molecule has 1 heterocycles. The fourth-order valence-electron chi connectivity index (χ4n) is 1.79. The van der Waals surface area contributed by atoms with E-state index in [9.17, 15) is 8.78 Å². The number of imidazole rings is 1. The highest BCUT2D eigenvalue weighted by Crippen LogP contribution is 2.27. The highest BCUT2D eigenvalue weighted by atomic mass is 35.5. The maximum absolute atomic E-state index is 13.1. The molecule has 0 aliphatic heterocycles. The smallest absolute Gasteiger partial charge is 0.161 e. The van der Waals surface area contributed by atoms with Crippen molar-refractivity contribution in [2.45, 2.75) is 0 Å². The molecule has 0 saturated carbocycles. The first-order chi connectivity index (χ1) is 8.65. The van der Waals surface area contributed by atoms with Crippen LogP contribution in [-0.2, 0) is 0 Å². The maximum atomic E-state index is 13.1. The summed E-state index contributed by atoms with van der Waals surface area (Å²) in [4.78, 5) is 7.12. The molecule has 90 valence electrons. The van der Waals surface area contributed by atoms with Gasteiger partial charge >= 0.3 is 0 Å². The van der Waals surface area contributed by atoms with Gasteiger partial charge in [-0.05, 0) is 12.1 Å². The van der Waals surface area contributed by atoms with Crippen molar-refractivity contribution in [3.8, 4) is 11.4 Å². The molecule has 0 spiro atoms. The van der Waals surface area contributed by atoms with E-state index in [0.29, 0.717) is 27.4 Å². The summed E-state index contributed by atoms with van der Waals surface area (Å²) < 4.78 is 26.2. The Morgan fingerprint density at radius 2 is 1.78 bits per heavy atom. The van der Waals surface area contributed by atoms with Crippen molar-refractivity contribution >= 4 is 22.6 Å². The Hall–Kier alpha value is -1.94. The second kappa shape index (κ2) is 4.07. The van der Waals surface area contributed by atoms with Gasteiger partial charge in [-0.2, -0.15) is 0 Å². The van der Waals surface area contributed by atoms with Gasteiger partial charge < -0.3 is 4.98 Å². The number of hydrogen-bond acceptors (Lipinski definition) is 1. The summed E-state index contributed by atoms with van der Waals surface area (Å²) in [6.07, 6.45) is 0. The third-order valence-corrected chi connectivity index (χ3v) is 2.98. The van der Waals surface area contributed by atoms with Crippen LogP contribution >= 0.6 is 11.6 Å². The van der Waals surface area contributed by atoms with E-state index in [2.05, 4.69) is 9.97 Å². The van der Waals surface area contributed by atoms with Gasteiger partial charge in [0, 0.05) is 17.7 Å². The second-order valence-electron chi connectivity index (χ2n) is 3.85. The number of aromatic nitrogens is 2. The minimum Gasteiger partial charge on any atom is -0.338 e. The van der Waals surface area contributed by atoms with Crippen molar-refractivity contribution in [2.24, 2.45) is 0 Å². The molecule has 3 aromatic rings. The van der Waals surface area contributed by atoms with Crippen LogP contribution in [0.4, 0.5) is 8.78 Å². The van der Waals surface area contributed by atoms with Gasteiger partial charge in [0.05, 0.1) is 16.1 Å². The fraction of sp³-hybridized carbons (Fsp3) is 0. The highest BCUT2D eigenvalue weighted by Gasteiger charge is 2.11. The molecule has 1 aromatic heterocycles. The van der Waals surface area contributed by atoms with Crippen LogP contribution in [0.25, 0.3) is 22.4 Å². The van der Waals surface area contributed by atoms with Gasteiger partial charge in [-0.1, -0.05) is 23.7 Å². The lowest BCUT2D eigenvalue weighted by molar-refractivity contribution is 0.510. The summed E-state index contributed by atoms with van der Waals surface area (Å²) in [5.74, 6) is -1.34. The Balaban J connectivity index is 2.23. The van der Waals surface area contributed by atoms with Crippen LogP contribution in [0, 0.1) is 11.6 Å². The minimum atomic E-state index is -0.917. The number of nitrogens with zero attached hydrogens (tertiary/aromatic N) is 1. The first-order valence-corrected chi connectivity index (χ1v) is 5.62. The third-order valence-electron chi connectivity index (χ3n) is 2.65. The van der Waals surface area contributed by atoms with Gasteiger partial charge in [0.25, 0.3) is 0 Å². The lowest BCUT2D eigenvalue weighted by Crippen LogP contribution is -1.82.